The van der Waals surface area contributed by atoms with Crippen molar-refractivity contribution in [2.24, 2.45) is 11.8 Å². The molecule has 0 N–H and O–H groups in total. The number of rotatable bonds is 2. The van der Waals surface area contributed by atoms with E-state index < -0.39 is 24.0 Å². The predicted octanol–water partition coefficient (Wildman–Crippen LogP) is 3.25. The van der Waals surface area contributed by atoms with Crippen molar-refractivity contribution >= 4 is 34.9 Å². The maximum absolute atomic E-state index is 13.1. The Morgan fingerprint density at radius 3 is 2.00 bits per heavy atom. The van der Waals surface area contributed by atoms with Gasteiger partial charge in [0.2, 0.25) is 0 Å². The second kappa shape index (κ2) is 7.13. The summed E-state index contributed by atoms with van der Waals surface area (Å²) in [6.45, 7) is 1.96. The smallest absolute Gasteiger partial charge is 0.0789 e. The Morgan fingerprint density at radius 1 is 0.862 bits per heavy atom. The van der Waals surface area contributed by atoms with Crippen molar-refractivity contribution in [3.05, 3.63) is 70.2 Å². The quantitative estimate of drug-likeness (QED) is 0.741. The fourth-order valence-corrected chi connectivity index (χ4v) is 6.75. The first-order valence-corrected chi connectivity index (χ1v) is 11.4. The van der Waals surface area contributed by atoms with Gasteiger partial charge in [-0.3, -0.25) is 0 Å². The highest BCUT2D eigenvalue weighted by Crippen LogP contribution is 2.51. The van der Waals surface area contributed by atoms with Gasteiger partial charge in [-0.05, 0) is 48.6 Å². The van der Waals surface area contributed by atoms with E-state index in [1.165, 1.54) is 9.79 Å². The standard InChI is InChI=1S/C23H22N2O2S2/c1-13(23-25(3)16-9-5-7-11-18(16)29-23)20-21(26)14(22(20)27)12-19-24(2)15-8-4-6-10-17(15)28-19/h4-12,14,20-22H,1-3H3/q-2. The van der Waals surface area contributed by atoms with Crippen LogP contribution in [0.4, 0.5) is 11.4 Å². The van der Waals surface area contributed by atoms with Gasteiger partial charge in [-0.15, -0.1) is 12.2 Å². The average Bonchev–Trinajstić information content (AvgIpc) is 3.24. The van der Waals surface area contributed by atoms with Gasteiger partial charge in [-0.25, -0.2) is 0 Å². The molecule has 4 nitrogen and oxygen atoms in total. The molecular weight excluding hydrogens is 400 g/mol. The van der Waals surface area contributed by atoms with Crippen LogP contribution < -0.4 is 20.0 Å². The number of thioether (sulfide) groups is 2. The van der Waals surface area contributed by atoms with Gasteiger partial charge < -0.3 is 20.0 Å². The Kier molecular flexibility index (Phi) is 4.70. The molecule has 0 spiro atoms. The molecule has 0 bridgehead atoms. The highest BCUT2D eigenvalue weighted by molar-refractivity contribution is 8.04. The summed E-state index contributed by atoms with van der Waals surface area (Å²) in [6.07, 6.45) is 0.121. The summed E-state index contributed by atoms with van der Waals surface area (Å²) < 4.78 is 0. The predicted molar refractivity (Wildman–Crippen MR) is 117 cm³/mol. The largest absolute Gasteiger partial charge is 0.851 e. The zero-order chi connectivity index (χ0) is 20.3. The van der Waals surface area contributed by atoms with Crippen LogP contribution in [-0.2, 0) is 0 Å². The van der Waals surface area contributed by atoms with Crippen LogP contribution >= 0.6 is 23.5 Å². The molecule has 0 radical (unpaired) electrons. The average molecular weight is 423 g/mol. The summed E-state index contributed by atoms with van der Waals surface area (Å²) in [5.41, 5.74) is 3.19. The highest BCUT2D eigenvalue weighted by Gasteiger charge is 2.39. The van der Waals surface area contributed by atoms with Crippen molar-refractivity contribution in [1.29, 1.82) is 0 Å². The van der Waals surface area contributed by atoms with E-state index in [4.69, 9.17) is 0 Å². The number of nitrogens with zero attached hydrogens (tertiary/aromatic N) is 2. The number of fused-ring (bicyclic) bond motifs is 2. The highest BCUT2D eigenvalue weighted by atomic mass is 32.2. The first-order chi connectivity index (χ1) is 14.0. The molecule has 2 aromatic rings. The molecule has 0 saturated heterocycles. The third-order valence-electron chi connectivity index (χ3n) is 6.15. The summed E-state index contributed by atoms with van der Waals surface area (Å²) in [4.78, 5) is 6.53. The molecule has 2 unspecified atom stereocenters. The Labute approximate surface area is 179 Å². The maximum atomic E-state index is 13.1. The molecule has 2 aromatic carbocycles. The van der Waals surface area contributed by atoms with Crippen LogP contribution in [0, 0.1) is 11.8 Å². The van der Waals surface area contributed by atoms with E-state index in [1.807, 2.05) is 51.4 Å². The van der Waals surface area contributed by atoms with Gasteiger partial charge in [0.05, 0.1) is 21.4 Å². The summed E-state index contributed by atoms with van der Waals surface area (Å²) in [7, 11) is 4.01. The van der Waals surface area contributed by atoms with Gasteiger partial charge in [0.15, 0.2) is 0 Å². The third kappa shape index (κ3) is 2.93. The second-order valence-electron chi connectivity index (χ2n) is 7.78. The van der Waals surface area contributed by atoms with E-state index in [2.05, 4.69) is 34.1 Å². The van der Waals surface area contributed by atoms with Crippen molar-refractivity contribution in [3.8, 4) is 0 Å². The number of para-hydroxylation sites is 2. The molecule has 0 amide bonds. The van der Waals surface area contributed by atoms with Crippen LogP contribution in [0.25, 0.3) is 0 Å². The van der Waals surface area contributed by atoms with Crippen molar-refractivity contribution in [3.63, 3.8) is 0 Å². The molecule has 0 aromatic heterocycles. The first kappa shape index (κ1) is 19.1. The van der Waals surface area contributed by atoms with E-state index in [0.29, 0.717) is 0 Å². The van der Waals surface area contributed by atoms with E-state index in [9.17, 15) is 10.2 Å². The van der Waals surface area contributed by atoms with Gasteiger partial charge in [0.25, 0.3) is 0 Å². The van der Waals surface area contributed by atoms with Crippen LogP contribution in [0.1, 0.15) is 6.92 Å². The summed E-state index contributed by atoms with van der Waals surface area (Å²) in [5.74, 6) is -0.941. The van der Waals surface area contributed by atoms with Crippen molar-refractivity contribution in [1.82, 2.24) is 0 Å². The van der Waals surface area contributed by atoms with Gasteiger partial charge in [-0.2, -0.15) is 0 Å². The van der Waals surface area contributed by atoms with E-state index in [0.717, 1.165) is 27.0 Å². The molecule has 2 aliphatic heterocycles. The van der Waals surface area contributed by atoms with E-state index in [-0.39, 0.29) is 0 Å². The van der Waals surface area contributed by atoms with Gasteiger partial charge >= 0.3 is 0 Å². The normalized spacial score (nSPS) is 31.0. The lowest BCUT2D eigenvalue weighted by Crippen LogP contribution is -2.66. The Morgan fingerprint density at radius 2 is 1.41 bits per heavy atom. The second-order valence-corrected chi connectivity index (χ2v) is 9.88. The fourth-order valence-electron chi connectivity index (χ4n) is 4.41. The van der Waals surface area contributed by atoms with Crippen LogP contribution in [0.5, 0.6) is 0 Å². The van der Waals surface area contributed by atoms with Crippen LogP contribution in [-0.4, -0.2) is 26.3 Å². The van der Waals surface area contributed by atoms with Gasteiger partial charge in [0, 0.05) is 23.9 Å². The molecule has 150 valence electrons. The zero-order valence-corrected chi connectivity index (χ0v) is 18.2. The Balaban J connectivity index is 1.37. The maximum Gasteiger partial charge on any atom is 0.0789 e. The lowest BCUT2D eigenvalue weighted by molar-refractivity contribution is -0.551. The lowest BCUT2D eigenvalue weighted by atomic mass is 9.66. The molecule has 1 saturated carbocycles. The van der Waals surface area contributed by atoms with Crippen molar-refractivity contribution in [2.75, 3.05) is 23.9 Å². The Bertz CT molecular complexity index is 1030. The van der Waals surface area contributed by atoms with E-state index in [1.54, 1.807) is 23.5 Å². The minimum Gasteiger partial charge on any atom is -0.851 e. The van der Waals surface area contributed by atoms with Crippen molar-refractivity contribution in [2.45, 2.75) is 28.9 Å². The molecule has 3 aliphatic rings. The number of benzene rings is 2. The third-order valence-corrected chi connectivity index (χ3v) is 8.69. The minimum atomic E-state index is -0.895. The number of hydrogen-bond acceptors (Lipinski definition) is 6. The number of anilines is 2. The zero-order valence-electron chi connectivity index (χ0n) is 16.5. The molecule has 1 aliphatic carbocycles. The SMILES string of the molecule is CC(=C1Sc2ccccc2N1C)C1C([O-])C(C=C2Sc3ccccc3N2C)C1[O-]. The summed E-state index contributed by atoms with van der Waals surface area (Å²) in [5, 5.41) is 28.2. The van der Waals surface area contributed by atoms with E-state index >= 15 is 0 Å². The topological polar surface area (TPSA) is 52.6 Å². The first-order valence-electron chi connectivity index (χ1n) is 9.73. The molecule has 1 fully saturated rings. The van der Waals surface area contributed by atoms with Crippen molar-refractivity contribution < 1.29 is 10.2 Å². The van der Waals surface area contributed by atoms with Gasteiger partial charge in [-0.1, -0.05) is 53.9 Å². The molecule has 2 heterocycles. The summed E-state index contributed by atoms with van der Waals surface area (Å²) >= 11 is 3.30. The molecule has 5 rings (SSSR count). The minimum absolute atomic E-state index is 0.463. The summed E-state index contributed by atoms with van der Waals surface area (Å²) in [6, 6.07) is 16.3. The van der Waals surface area contributed by atoms with Crippen LogP contribution in [0.3, 0.4) is 0 Å². The molecule has 29 heavy (non-hydrogen) atoms. The lowest BCUT2D eigenvalue weighted by Gasteiger charge is -2.61. The monoisotopic (exact) mass is 422 g/mol. The molecule has 6 heteroatoms. The Hall–Kier alpha value is -1.86. The number of hydrogen-bond donors (Lipinski definition) is 0. The van der Waals surface area contributed by atoms with Crippen LogP contribution in [0.2, 0.25) is 0 Å². The van der Waals surface area contributed by atoms with Gasteiger partial charge in [0.1, 0.15) is 0 Å². The molecule has 2 atom stereocenters. The molecular formula is C23H22N2O2S2-2. The fraction of sp³-hybridized carbons (Fsp3) is 0.304. The van der Waals surface area contributed by atoms with Crippen LogP contribution in [0.15, 0.2) is 80.0 Å².